The van der Waals surface area contributed by atoms with Crippen LogP contribution in [0.1, 0.15) is 12.5 Å². The van der Waals surface area contributed by atoms with E-state index in [-0.39, 0.29) is 17.3 Å². The lowest BCUT2D eigenvalue weighted by Crippen LogP contribution is -2.30. The lowest BCUT2D eigenvalue weighted by Gasteiger charge is -2.17. The number of hydrogen-bond acceptors (Lipinski definition) is 5. The first-order valence-electron chi connectivity index (χ1n) is 9.37. The summed E-state index contributed by atoms with van der Waals surface area (Å²) in [7, 11) is 3.50. The van der Waals surface area contributed by atoms with E-state index in [1.807, 2.05) is 31.2 Å². The van der Waals surface area contributed by atoms with Crippen molar-refractivity contribution in [2.45, 2.75) is 6.92 Å². The number of H-pyrrole nitrogens is 1. The van der Waals surface area contributed by atoms with E-state index < -0.39 is 5.56 Å². The number of aromatic nitrogens is 2. The lowest BCUT2D eigenvalue weighted by molar-refractivity contribution is -0.124. The third-order valence-electron chi connectivity index (χ3n) is 4.28. The summed E-state index contributed by atoms with van der Waals surface area (Å²) in [5.74, 6) is -0.354. The summed E-state index contributed by atoms with van der Waals surface area (Å²) in [5, 5.41) is 13.4. The molecule has 2 aromatic rings. The molecule has 2 heterocycles. The minimum atomic E-state index is -0.429. The molecule has 0 aliphatic heterocycles. The van der Waals surface area contributed by atoms with Crippen LogP contribution in [-0.2, 0) is 4.79 Å². The summed E-state index contributed by atoms with van der Waals surface area (Å²) in [5.41, 5.74) is 2.26. The van der Waals surface area contributed by atoms with E-state index >= 15 is 0 Å². The Hall–Kier alpha value is -3.87. The number of aromatic amines is 1. The smallest absolute Gasteiger partial charge is 0.253 e. The number of likely N-dealkylation sites (N-methyl/N-ethyl adjacent to an activating group) is 2. The Kier molecular flexibility index (Phi) is 7.93. The Morgan fingerprint density at radius 3 is 2.83 bits per heavy atom. The molecule has 0 bridgehead atoms. The van der Waals surface area contributed by atoms with Gasteiger partial charge in [0.15, 0.2) is 0 Å². The number of amides is 1. The van der Waals surface area contributed by atoms with E-state index in [4.69, 9.17) is 0 Å². The summed E-state index contributed by atoms with van der Waals surface area (Å²) in [4.78, 5) is 32.1. The van der Waals surface area contributed by atoms with Crippen molar-refractivity contribution in [2.75, 3.05) is 20.6 Å². The number of allylic oxidation sites excluding steroid dienone is 6. The molecule has 0 saturated heterocycles. The Morgan fingerprint density at radius 2 is 2.17 bits per heavy atom. The van der Waals surface area contributed by atoms with Crippen molar-refractivity contribution in [3.05, 3.63) is 88.6 Å². The van der Waals surface area contributed by atoms with Gasteiger partial charge in [-0.05, 0) is 36.3 Å². The molecule has 0 saturated carbocycles. The highest BCUT2D eigenvalue weighted by molar-refractivity contribution is 5.92. The maximum Gasteiger partial charge on any atom is 0.253 e. The average Bonchev–Trinajstić information content (AvgIpc) is 2.73. The second kappa shape index (κ2) is 10.6. The standard InChI is InChI=1S/C23H26N4O3/c1-5-7-8-16(6-2)11-18(24-3)15-27(4)22(30)10-9-17-12-19-20(28)13-21(29)26-23(19)25-14-17/h5-14,24H,2,15H2,1,3-4H3,(H2,25,26,28,29)/b7-5-,10-9+,16-8+,18-11-. The summed E-state index contributed by atoms with van der Waals surface area (Å²) in [6, 6.07) is 2.74. The molecule has 156 valence electrons. The third kappa shape index (κ3) is 6.07. The fourth-order valence-electron chi connectivity index (χ4n) is 2.63. The summed E-state index contributed by atoms with van der Waals surface area (Å²) < 4.78 is 0. The zero-order valence-corrected chi connectivity index (χ0v) is 17.3. The quantitative estimate of drug-likeness (QED) is 0.463. The average molecular weight is 406 g/mol. The molecule has 2 rings (SSSR count). The molecule has 7 heteroatoms. The monoisotopic (exact) mass is 406 g/mol. The third-order valence-corrected chi connectivity index (χ3v) is 4.28. The zero-order valence-electron chi connectivity index (χ0n) is 17.3. The number of rotatable bonds is 8. The number of hydrogen-bond donors (Lipinski definition) is 3. The largest absolute Gasteiger partial charge is 0.507 e. The van der Waals surface area contributed by atoms with Crippen LogP contribution >= 0.6 is 0 Å². The summed E-state index contributed by atoms with van der Waals surface area (Å²) in [6.45, 7) is 6.12. The lowest BCUT2D eigenvalue weighted by atomic mass is 10.2. The summed E-state index contributed by atoms with van der Waals surface area (Å²) >= 11 is 0. The highest BCUT2D eigenvalue weighted by atomic mass is 16.3. The van der Waals surface area contributed by atoms with Gasteiger partial charge >= 0.3 is 0 Å². The highest BCUT2D eigenvalue weighted by Gasteiger charge is 2.08. The molecular formula is C23H26N4O3. The molecule has 0 aliphatic rings. The highest BCUT2D eigenvalue weighted by Crippen LogP contribution is 2.20. The van der Waals surface area contributed by atoms with Crippen molar-refractivity contribution in [2.24, 2.45) is 0 Å². The molecule has 0 unspecified atom stereocenters. The van der Waals surface area contributed by atoms with Gasteiger partial charge in [0.1, 0.15) is 11.4 Å². The van der Waals surface area contributed by atoms with Crippen LogP contribution < -0.4 is 10.9 Å². The van der Waals surface area contributed by atoms with Crippen LogP contribution in [0.2, 0.25) is 0 Å². The second-order valence-electron chi connectivity index (χ2n) is 6.53. The first-order valence-corrected chi connectivity index (χ1v) is 9.37. The number of pyridine rings is 2. The minimum absolute atomic E-state index is 0.160. The second-order valence-corrected chi connectivity index (χ2v) is 6.53. The van der Waals surface area contributed by atoms with Gasteiger partial charge in [0.05, 0.1) is 11.9 Å². The van der Waals surface area contributed by atoms with Crippen LogP contribution in [0.15, 0.2) is 77.4 Å². The Bertz CT molecular complexity index is 1110. The van der Waals surface area contributed by atoms with Crippen LogP contribution in [0.5, 0.6) is 5.75 Å². The van der Waals surface area contributed by atoms with Gasteiger partial charge in [-0.3, -0.25) is 9.59 Å². The van der Waals surface area contributed by atoms with Crippen LogP contribution in [0.4, 0.5) is 0 Å². The molecule has 7 nitrogen and oxygen atoms in total. The first-order chi connectivity index (χ1) is 14.4. The van der Waals surface area contributed by atoms with Gasteiger partial charge in [-0.25, -0.2) is 4.98 Å². The summed E-state index contributed by atoms with van der Waals surface area (Å²) in [6.07, 6.45) is 14.0. The van der Waals surface area contributed by atoms with E-state index in [9.17, 15) is 14.7 Å². The van der Waals surface area contributed by atoms with Gasteiger partial charge < -0.3 is 20.3 Å². The number of carbonyl (C=O) groups excluding carboxylic acids is 1. The number of aromatic hydroxyl groups is 1. The minimum Gasteiger partial charge on any atom is -0.507 e. The number of fused-ring (bicyclic) bond motifs is 1. The molecule has 0 radical (unpaired) electrons. The molecule has 0 aliphatic carbocycles. The molecule has 0 aromatic carbocycles. The van der Waals surface area contributed by atoms with E-state index in [0.717, 1.165) is 17.3 Å². The van der Waals surface area contributed by atoms with E-state index in [0.29, 0.717) is 17.5 Å². The van der Waals surface area contributed by atoms with Gasteiger partial charge in [-0.2, -0.15) is 0 Å². The van der Waals surface area contributed by atoms with Crippen LogP contribution in [0, 0.1) is 0 Å². The normalized spacial score (nSPS) is 12.6. The molecule has 0 spiro atoms. The van der Waals surface area contributed by atoms with Gasteiger partial charge in [-0.15, -0.1) is 0 Å². The molecule has 0 atom stereocenters. The van der Waals surface area contributed by atoms with Gasteiger partial charge in [-0.1, -0.05) is 30.9 Å². The predicted molar refractivity (Wildman–Crippen MR) is 121 cm³/mol. The fourth-order valence-corrected chi connectivity index (χ4v) is 2.63. The maximum atomic E-state index is 12.5. The first kappa shape index (κ1) is 22.4. The van der Waals surface area contributed by atoms with Gasteiger partial charge in [0.25, 0.3) is 5.56 Å². The molecule has 0 fully saturated rings. The number of nitrogens with zero attached hydrogens (tertiary/aromatic N) is 2. The van der Waals surface area contributed by atoms with Crippen molar-refractivity contribution in [3.8, 4) is 5.75 Å². The number of nitrogens with one attached hydrogen (secondary N) is 2. The maximum absolute atomic E-state index is 12.5. The van der Waals surface area contributed by atoms with Crippen LogP contribution in [0.3, 0.4) is 0 Å². The zero-order chi connectivity index (χ0) is 22.1. The fraction of sp³-hybridized carbons (Fsp3) is 0.174. The van der Waals surface area contributed by atoms with Crippen LogP contribution in [-0.4, -0.2) is 46.5 Å². The van der Waals surface area contributed by atoms with Crippen molar-refractivity contribution >= 4 is 23.0 Å². The van der Waals surface area contributed by atoms with Crippen molar-refractivity contribution in [3.63, 3.8) is 0 Å². The Balaban J connectivity index is 2.14. The van der Waals surface area contributed by atoms with E-state index in [1.165, 1.54) is 12.3 Å². The van der Waals surface area contributed by atoms with E-state index in [1.54, 1.807) is 37.2 Å². The van der Waals surface area contributed by atoms with Crippen molar-refractivity contribution in [1.82, 2.24) is 20.2 Å². The van der Waals surface area contributed by atoms with Crippen LogP contribution in [0.25, 0.3) is 17.1 Å². The molecule has 30 heavy (non-hydrogen) atoms. The Labute approximate surface area is 175 Å². The van der Waals surface area contributed by atoms with Crippen molar-refractivity contribution in [1.29, 1.82) is 0 Å². The molecule has 3 N–H and O–H groups in total. The number of carbonyl (C=O) groups is 1. The van der Waals surface area contributed by atoms with Gasteiger partial charge in [0, 0.05) is 38.1 Å². The molecule has 1 amide bonds. The van der Waals surface area contributed by atoms with Crippen molar-refractivity contribution < 1.29 is 9.90 Å². The van der Waals surface area contributed by atoms with Gasteiger partial charge in [0.2, 0.25) is 5.91 Å². The Morgan fingerprint density at radius 1 is 1.40 bits per heavy atom. The molecule has 2 aromatic heterocycles. The van der Waals surface area contributed by atoms with E-state index in [2.05, 4.69) is 21.9 Å². The SMILES string of the molecule is C=CC(/C=C(/CN(C)C(=O)/C=C/c1cnc2[nH]c(=O)cc(O)c2c1)NC)=C\C=C/C. The topological polar surface area (TPSA) is 98.3 Å². The molecular weight excluding hydrogens is 380 g/mol. The predicted octanol–water partition coefficient (Wildman–Crippen LogP) is 2.89.